The van der Waals surface area contributed by atoms with Gasteiger partial charge in [0, 0.05) is 19.7 Å². The molecule has 1 N–H and O–H groups in total. The maximum absolute atomic E-state index is 12.7. The van der Waals surface area contributed by atoms with Crippen molar-refractivity contribution in [3.63, 3.8) is 0 Å². The van der Waals surface area contributed by atoms with Crippen LogP contribution >= 0.6 is 0 Å². The molecule has 4 nitrogen and oxygen atoms in total. The van der Waals surface area contributed by atoms with Gasteiger partial charge in [-0.3, -0.25) is 4.79 Å². The highest BCUT2D eigenvalue weighted by molar-refractivity contribution is 5.76. The first kappa shape index (κ1) is 15.8. The number of hydrogen-bond donors (Lipinski definition) is 1. The molecule has 2 rings (SSSR count). The van der Waals surface area contributed by atoms with E-state index < -0.39 is 0 Å². The second-order valence-corrected chi connectivity index (χ2v) is 5.41. The molecule has 116 valence electrons. The van der Waals surface area contributed by atoms with E-state index in [0.29, 0.717) is 24.7 Å². The van der Waals surface area contributed by atoms with Gasteiger partial charge in [0.05, 0.1) is 13.0 Å². The van der Waals surface area contributed by atoms with Crippen molar-refractivity contribution in [3.05, 3.63) is 30.1 Å². The van der Waals surface area contributed by atoms with E-state index >= 15 is 0 Å². The lowest BCUT2D eigenvalue weighted by atomic mass is 9.95. The van der Waals surface area contributed by atoms with E-state index in [1.807, 2.05) is 4.90 Å². The van der Waals surface area contributed by atoms with Crippen LogP contribution in [0.2, 0.25) is 0 Å². The highest BCUT2D eigenvalue weighted by Crippen LogP contribution is 2.20. The van der Waals surface area contributed by atoms with E-state index in [2.05, 4.69) is 0 Å². The van der Waals surface area contributed by atoms with Gasteiger partial charge in [0.1, 0.15) is 11.6 Å². The summed E-state index contributed by atoms with van der Waals surface area (Å²) >= 11 is 0. The highest BCUT2D eigenvalue weighted by Gasteiger charge is 2.22. The average molecular weight is 295 g/mol. The lowest BCUT2D eigenvalue weighted by molar-refractivity contribution is -0.133. The molecule has 1 aliphatic heterocycles. The van der Waals surface area contributed by atoms with Gasteiger partial charge in [0.2, 0.25) is 5.91 Å². The van der Waals surface area contributed by atoms with Gasteiger partial charge in [-0.2, -0.15) is 0 Å². The van der Waals surface area contributed by atoms with E-state index in [1.54, 1.807) is 12.1 Å². The Labute approximate surface area is 124 Å². The van der Waals surface area contributed by atoms with Crippen molar-refractivity contribution >= 4 is 5.91 Å². The fourth-order valence-corrected chi connectivity index (χ4v) is 2.65. The molecular formula is C16H22FNO3. The number of nitrogens with zero attached hydrogens (tertiary/aromatic N) is 1. The molecule has 1 aromatic carbocycles. The molecule has 0 saturated carbocycles. The molecular weight excluding hydrogens is 273 g/mol. The number of hydrogen-bond acceptors (Lipinski definition) is 3. The fraction of sp³-hybridized carbons (Fsp3) is 0.562. The number of rotatable bonds is 6. The number of likely N-dealkylation sites (tertiary alicyclic amines) is 1. The number of carbonyl (C=O) groups excluding carboxylic acids is 1. The first-order chi connectivity index (χ1) is 10.2. The predicted octanol–water partition coefficient (Wildman–Crippen LogP) is 2.22. The van der Waals surface area contributed by atoms with Crippen LogP contribution in [-0.2, 0) is 4.79 Å². The van der Waals surface area contributed by atoms with E-state index in [-0.39, 0.29) is 18.3 Å². The van der Waals surface area contributed by atoms with Gasteiger partial charge < -0.3 is 14.7 Å². The van der Waals surface area contributed by atoms with Crippen LogP contribution in [0.3, 0.4) is 0 Å². The Morgan fingerprint density at radius 1 is 1.38 bits per heavy atom. The molecule has 0 aromatic heterocycles. The second kappa shape index (κ2) is 7.98. The molecule has 1 saturated heterocycles. The van der Waals surface area contributed by atoms with Crippen LogP contribution in [0.25, 0.3) is 0 Å². The predicted molar refractivity (Wildman–Crippen MR) is 77.5 cm³/mol. The summed E-state index contributed by atoms with van der Waals surface area (Å²) in [5.41, 5.74) is 0. The third-order valence-electron chi connectivity index (χ3n) is 3.81. The first-order valence-corrected chi connectivity index (χ1v) is 7.46. The molecule has 1 aromatic rings. The van der Waals surface area contributed by atoms with Crippen LogP contribution in [0, 0.1) is 11.7 Å². The lowest BCUT2D eigenvalue weighted by Crippen LogP contribution is -2.40. The normalized spacial score (nSPS) is 18.6. The number of ether oxygens (including phenoxy) is 1. The Morgan fingerprint density at radius 3 is 2.86 bits per heavy atom. The number of halogens is 1. The second-order valence-electron chi connectivity index (χ2n) is 5.41. The Bertz CT molecular complexity index is 447. The zero-order valence-corrected chi connectivity index (χ0v) is 12.1. The van der Waals surface area contributed by atoms with E-state index in [0.717, 1.165) is 32.4 Å². The van der Waals surface area contributed by atoms with Crippen LogP contribution in [0.1, 0.15) is 25.7 Å². The SMILES string of the molecule is O=C(CCOc1ccc(F)cc1)N1CCCC(CCO)C1. The Kier molecular flexibility index (Phi) is 5.99. The summed E-state index contributed by atoms with van der Waals surface area (Å²) < 4.78 is 18.2. The zero-order chi connectivity index (χ0) is 15.1. The van der Waals surface area contributed by atoms with Gasteiger partial charge in [0.15, 0.2) is 0 Å². The molecule has 0 spiro atoms. The molecule has 1 heterocycles. The molecule has 5 heteroatoms. The molecule has 0 aliphatic carbocycles. The molecule has 1 amide bonds. The molecule has 1 fully saturated rings. The van der Waals surface area contributed by atoms with Gasteiger partial charge in [-0.05, 0) is 49.4 Å². The summed E-state index contributed by atoms with van der Waals surface area (Å²) in [4.78, 5) is 14.0. The first-order valence-electron chi connectivity index (χ1n) is 7.46. The third-order valence-corrected chi connectivity index (χ3v) is 3.81. The van der Waals surface area contributed by atoms with Crippen LogP contribution in [0.15, 0.2) is 24.3 Å². The number of amides is 1. The summed E-state index contributed by atoms with van der Waals surface area (Å²) in [5.74, 6) is 0.758. The smallest absolute Gasteiger partial charge is 0.226 e. The quantitative estimate of drug-likeness (QED) is 0.875. The van der Waals surface area contributed by atoms with Gasteiger partial charge in [0.25, 0.3) is 0 Å². The minimum atomic E-state index is -0.304. The topological polar surface area (TPSA) is 49.8 Å². The fourth-order valence-electron chi connectivity index (χ4n) is 2.65. The van der Waals surface area contributed by atoms with Crippen LogP contribution in [-0.4, -0.2) is 42.2 Å². The Hall–Kier alpha value is -1.62. The Morgan fingerprint density at radius 2 is 2.14 bits per heavy atom. The lowest BCUT2D eigenvalue weighted by Gasteiger charge is -2.32. The van der Waals surface area contributed by atoms with Crippen molar-refractivity contribution in [1.29, 1.82) is 0 Å². The van der Waals surface area contributed by atoms with Crippen molar-refractivity contribution in [2.24, 2.45) is 5.92 Å². The molecule has 0 bridgehead atoms. The summed E-state index contributed by atoms with van der Waals surface area (Å²) in [6.45, 7) is 2.00. The number of piperidine rings is 1. The van der Waals surface area contributed by atoms with E-state index in [1.165, 1.54) is 12.1 Å². The minimum absolute atomic E-state index is 0.0831. The van der Waals surface area contributed by atoms with Crippen molar-refractivity contribution in [2.75, 3.05) is 26.3 Å². The van der Waals surface area contributed by atoms with Gasteiger partial charge >= 0.3 is 0 Å². The number of aliphatic hydroxyl groups excluding tert-OH is 1. The minimum Gasteiger partial charge on any atom is -0.493 e. The maximum Gasteiger partial charge on any atom is 0.226 e. The van der Waals surface area contributed by atoms with Crippen LogP contribution in [0.5, 0.6) is 5.75 Å². The summed E-state index contributed by atoms with van der Waals surface area (Å²) in [6, 6.07) is 5.78. The summed E-state index contributed by atoms with van der Waals surface area (Å²) in [5, 5.41) is 8.98. The van der Waals surface area contributed by atoms with Gasteiger partial charge in [-0.25, -0.2) is 4.39 Å². The third kappa shape index (κ3) is 5.01. The zero-order valence-electron chi connectivity index (χ0n) is 12.1. The van der Waals surface area contributed by atoms with Gasteiger partial charge in [-0.1, -0.05) is 0 Å². The van der Waals surface area contributed by atoms with E-state index in [4.69, 9.17) is 9.84 Å². The molecule has 1 unspecified atom stereocenters. The number of carbonyl (C=O) groups is 1. The highest BCUT2D eigenvalue weighted by atomic mass is 19.1. The van der Waals surface area contributed by atoms with Crippen LogP contribution in [0.4, 0.5) is 4.39 Å². The monoisotopic (exact) mass is 295 g/mol. The maximum atomic E-state index is 12.7. The molecule has 1 aliphatic rings. The van der Waals surface area contributed by atoms with Crippen molar-refractivity contribution in [1.82, 2.24) is 4.90 Å². The van der Waals surface area contributed by atoms with Gasteiger partial charge in [-0.15, -0.1) is 0 Å². The average Bonchev–Trinajstić information content (AvgIpc) is 2.50. The van der Waals surface area contributed by atoms with E-state index in [9.17, 15) is 9.18 Å². The number of benzene rings is 1. The molecule has 21 heavy (non-hydrogen) atoms. The van der Waals surface area contributed by atoms with Crippen LogP contribution < -0.4 is 4.74 Å². The van der Waals surface area contributed by atoms with Crippen molar-refractivity contribution in [3.8, 4) is 5.75 Å². The standard InChI is InChI=1S/C16H22FNO3/c17-14-3-5-15(6-4-14)21-11-8-16(20)18-9-1-2-13(12-18)7-10-19/h3-6,13,19H,1-2,7-12H2. The largest absolute Gasteiger partial charge is 0.493 e. The van der Waals surface area contributed by atoms with Crippen molar-refractivity contribution < 1.29 is 19.0 Å². The number of aliphatic hydroxyl groups is 1. The van der Waals surface area contributed by atoms with Crippen molar-refractivity contribution in [2.45, 2.75) is 25.7 Å². The Balaban J connectivity index is 1.72. The summed E-state index contributed by atoms with van der Waals surface area (Å²) in [7, 11) is 0. The summed E-state index contributed by atoms with van der Waals surface area (Å²) in [6.07, 6.45) is 3.16. The molecule has 1 atom stereocenters. The molecule has 0 radical (unpaired) electrons.